The number of ether oxygens (including phenoxy) is 4. The summed E-state index contributed by atoms with van der Waals surface area (Å²) >= 11 is 0. The van der Waals surface area contributed by atoms with Crippen molar-refractivity contribution in [2.75, 3.05) is 28.4 Å². The molecule has 0 bridgehead atoms. The molecule has 3 aromatic carbocycles. The van der Waals surface area contributed by atoms with Gasteiger partial charge in [-0.2, -0.15) is 0 Å². The minimum absolute atomic E-state index is 0.776. The zero-order valence-electron chi connectivity index (χ0n) is 16.6. The Balaban J connectivity index is 2.19. The maximum absolute atomic E-state index is 5.87. The van der Waals surface area contributed by atoms with E-state index in [2.05, 4.69) is 0 Å². The highest BCUT2D eigenvalue weighted by molar-refractivity contribution is 5.96. The van der Waals surface area contributed by atoms with Crippen molar-refractivity contribution in [3.63, 3.8) is 0 Å². The quantitative estimate of drug-likeness (QED) is 0.415. The summed E-state index contributed by atoms with van der Waals surface area (Å²) in [5.41, 5.74) is 4.00. The minimum Gasteiger partial charge on any atom is -0.497 e. The fraction of sp³-hybridized carbons (Fsp3) is 0.167. The SMILES string of the molecule is COC(=C(c1ccc(OC)cc1)c1ccc(OC)cc1)c1ccc(OC)cc1. The number of benzene rings is 3. The van der Waals surface area contributed by atoms with Crippen molar-refractivity contribution in [2.24, 2.45) is 0 Å². The van der Waals surface area contributed by atoms with Gasteiger partial charge in [0.1, 0.15) is 23.0 Å². The third-order valence-corrected chi connectivity index (χ3v) is 4.54. The van der Waals surface area contributed by atoms with Gasteiger partial charge in [-0.3, -0.25) is 0 Å². The van der Waals surface area contributed by atoms with Crippen LogP contribution in [0.5, 0.6) is 17.2 Å². The van der Waals surface area contributed by atoms with Crippen LogP contribution in [-0.4, -0.2) is 28.4 Å². The second-order valence-corrected chi connectivity index (χ2v) is 6.09. The molecule has 28 heavy (non-hydrogen) atoms. The maximum atomic E-state index is 5.87. The van der Waals surface area contributed by atoms with Crippen LogP contribution in [0, 0.1) is 0 Å². The molecule has 144 valence electrons. The molecule has 0 aliphatic carbocycles. The Hall–Kier alpha value is -3.40. The largest absolute Gasteiger partial charge is 0.497 e. The third kappa shape index (κ3) is 4.12. The lowest BCUT2D eigenvalue weighted by molar-refractivity contribution is 0.371. The summed E-state index contributed by atoms with van der Waals surface area (Å²) in [6.07, 6.45) is 0. The molecule has 0 aliphatic heterocycles. The molecule has 3 rings (SSSR count). The lowest BCUT2D eigenvalue weighted by atomic mass is 9.94. The van der Waals surface area contributed by atoms with Crippen molar-refractivity contribution >= 4 is 11.3 Å². The van der Waals surface area contributed by atoms with Crippen LogP contribution >= 0.6 is 0 Å². The summed E-state index contributed by atoms with van der Waals surface area (Å²) in [7, 11) is 6.66. The normalized spacial score (nSPS) is 10.1. The van der Waals surface area contributed by atoms with Gasteiger partial charge in [0.2, 0.25) is 0 Å². The van der Waals surface area contributed by atoms with Crippen molar-refractivity contribution in [3.8, 4) is 17.2 Å². The Kier molecular flexibility index (Phi) is 6.22. The molecule has 0 aliphatic rings. The molecular weight excluding hydrogens is 352 g/mol. The molecule has 3 aromatic rings. The van der Waals surface area contributed by atoms with E-state index in [1.54, 1.807) is 28.4 Å². The second-order valence-electron chi connectivity index (χ2n) is 6.09. The highest BCUT2D eigenvalue weighted by atomic mass is 16.5. The van der Waals surface area contributed by atoms with Gasteiger partial charge >= 0.3 is 0 Å². The minimum atomic E-state index is 0.776. The predicted octanol–water partition coefficient (Wildman–Crippen LogP) is 5.28. The van der Waals surface area contributed by atoms with Gasteiger partial charge in [0.15, 0.2) is 0 Å². The van der Waals surface area contributed by atoms with E-state index in [1.165, 1.54) is 0 Å². The van der Waals surface area contributed by atoms with Crippen LogP contribution < -0.4 is 14.2 Å². The number of rotatable bonds is 7. The number of hydrogen-bond acceptors (Lipinski definition) is 4. The summed E-state index contributed by atoms with van der Waals surface area (Å²) in [5, 5.41) is 0. The molecule has 0 saturated carbocycles. The lowest BCUT2D eigenvalue weighted by Gasteiger charge is -2.17. The molecule has 0 amide bonds. The van der Waals surface area contributed by atoms with E-state index in [4.69, 9.17) is 18.9 Å². The highest BCUT2D eigenvalue weighted by Crippen LogP contribution is 2.34. The van der Waals surface area contributed by atoms with Crippen LogP contribution in [-0.2, 0) is 4.74 Å². The van der Waals surface area contributed by atoms with Gasteiger partial charge in [-0.25, -0.2) is 0 Å². The molecule has 4 nitrogen and oxygen atoms in total. The molecule has 0 fully saturated rings. The summed E-state index contributed by atoms with van der Waals surface area (Å²) in [6, 6.07) is 23.7. The maximum Gasteiger partial charge on any atom is 0.134 e. The summed E-state index contributed by atoms with van der Waals surface area (Å²) in [4.78, 5) is 0. The van der Waals surface area contributed by atoms with E-state index in [0.717, 1.165) is 45.3 Å². The third-order valence-electron chi connectivity index (χ3n) is 4.54. The topological polar surface area (TPSA) is 36.9 Å². The van der Waals surface area contributed by atoms with Crippen molar-refractivity contribution < 1.29 is 18.9 Å². The standard InChI is InChI=1S/C24H24O4/c1-25-20-11-5-17(6-12-20)23(18-7-13-21(26-2)14-8-18)24(28-4)19-9-15-22(27-3)16-10-19/h5-16H,1-4H3. The van der Waals surface area contributed by atoms with Crippen LogP contribution in [0.2, 0.25) is 0 Å². The summed E-state index contributed by atoms with van der Waals surface area (Å²) in [5.74, 6) is 3.19. The van der Waals surface area contributed by atoms with Crippen molar-refractivity contribution in [3.05, 3.63) is 89.5 Å². The Bertz CT molecular complexity index is 874. The molecule has 0 heterocycles. The first kappa shape index (κ1) is 19.4. The summed E-state index contributed by atoms with van der Waals surface area (Å²) in [6.45, 7) is 0. The monoisotopic (exact) mass is 376 g/mol. The number of hydrogen-bond donors (Lipinski definition) is 0. The van der Waals surface area contributed by atoms with Crippen LogP contribution in [0.4, 0.5) is 0 Å². The van der Waals surface area contributed by atoms with Gasteiger partial charge in [-0.05, 0) is 59.7 Å². The van der Waals surface area contributed by atoms with E-state index < -0.39 is 0 Å². The van der Waals surface area contributed by atoms with Gasteiger partial charge < -0.3 is 18.9 Å². The average Bonchev–Trinajstić information content (AvgIpc) is 2.78. The molecule has 0 saturated heterocycles. The smallest absolute Gasteiger partial charge is 0.134 e. The molecule has 0 spiro atoms. The van der Waals surface area contributed by atoms with Crippen LogP contribution in [0.1, 0.15) is 16.7 Å². The first-order valence-corrected chi connectivity index (χ1v) is 8.91. The second kappa shape index (κ2) is 9.00. The Morgan fingerprint density at radius 3 is 1.07 bits per heavy atom. The van der Waals surface area contributed by atoms with Crippen molar-refractivity contribution in [2.45, 2.75) is 0 Å². The van der Waals surface area contributed by atoms with E-state index in [9.17, 15) is 0 Å². The predicted molar refractivity (Wildman–Crippen MR) is 112 cm³/mol. The molecule has 0 atom stereocenters. The van der Waals surface area contributed by atoms with Crippen LogP contribution in [0.3, 0.4) is 0 Å². The van der Waals surface area contributed by atoms with Gasteiger partial charge in [0, 0.05) is 11.1 Å². The van der Waals surface area contributed by atoms with Crippen LogP contribution in [0.15, 0.2) is 72.8 Å². The average molecular weight is 376 g/mol. The van der Waals surface area contributed by atoms with E-state index in [1.807, 2.05) is 72.8 Å². The van der Waals surface area contributed by atoms with Crippen LogP contribution in [0.25, 0.3) is 11.3 Å². The van der Waals surface area contributed by atoms with Crippen molar-refractivity contribution in [1.29, 1.82) is 0 Å². The first-order valence-electron chi connectivity index (χ1n) is 8.91. The fourth-order valence-corrected chi connectivity index (χ4v) is 3.05. The highest BCUT2D eigenvalue weighted by Gasteiger charge is 2.15. The zero-order valence-corrected chi connectivity index (χ0v) is 16.6. The van der Waals surface area contributed by atoms with Gasteiger partial charge in [-0.15, -0.1) is 0 Å². The summed E-state index contributed by atoms with van der Waals surface area (Å²) < 4.78 is 21.8. The van der Waals surface area contributed by atoms with Gasteiger partial charge in [-0.1, -0.05) is 24.3 Å². The van der Waals surface area contributed by atoms with E-state index >= 15 is 0 Å². The fourth-order valence-electron chi connectivity index (χ4n) is 3.05. The first-order chi connectivity index (χ1) is 13.7. The van der Waals surface area contributed by atoms with Gasteiger partial charge in [0.25, 0.3) is 0 Å². The van der Waals surface area contributed by atoms with Gasteiger partial charge in [0.05, 0.1) is 28.4 Å². The Morgan fingerprint density at radius 1 is 0.464 bits per heavy atom. The molecular formula is C24H24O4. The van der Waals surface area contributed by atoms with E-state index in [-0.39, 0.29) is 0 Å². The molecule has 0 N–H and O–H groups in total. The number of methoxy groups -OCH3 is 4. The Labute approximate surface area is 165 Å². The van der Waals surface area contributed by atoms with Crippen molar-refractivity contribution in [1.82, 2.24) is 0 Å². The zero-order chi connectivity index (χ0) is 19.9. The lowest BCUT2D eigenvalue weighted by Crippen LogP contribution is -1.98. The Morgan fingerprint density at radius 2 is 0.786 bits per heavy atom. The molecule has 0 unspecified atom stereocenters. The van der Waals surface area contributed by atoms with E-state index in [0.29, 0.717) is 0 Å². The molecule has 4 heteroatoms. The molecule has 0 radical (unpaired) electrons. The molecule has 0 aromatic heterocycles.